The molecule has 1 saturated heterocycles. The number of anilines is 1. The summed E-state index contributed by atoms with van der Waals surface area (Å²) in [5, 5.41) is 2.81. The molecule has 0 spiro atoms. The Labute approximate surface area is 153 Å². The predicted molar refractivity (Wildman–Crippen MR) is 100 cm³/mol. The molecule has 2 aromatic carbocycles. The van der Waals surface area contributed by atoms with Crippen LogP contribution in [-0.2, 0) is 10.0 Å². The largest absolute Gasteiger partial charge is 0.495 e. The van der Waals surface area contributed by atoms with Gasteiger partial charge in [0.05, 0.1) is 17.7 Å². The summed E-state index contributed by atoms with van der Waals surface area (Å²) in [6.45, 7) is 3.03. The van der Waals surface area contributed by atoms with Gasteiger partial charge in [-0.2, -0.15) is 4.31 Å². The summed E-state index contributed by atoms with van der Waals surface area (Å²) in [6, 6.07) is 11.5. The fourth-order valence-corrected chi connectivity index (χ4v) is 4.49. The van der Waals surface area contributed by atoms with Crippen molar-refractivity contribution in [2.24, 2.45) is 0 Å². The first kappa shape index (κ1) is 18.4. The fraction of sp³-hybridized carbons (Fsp3) is 0.316. The van der Waals surface area contributed by atoms with E-state index in [1.54, 1.807) is 13.2 Å². The van der Waals surface area contributed by atoms with Gasteiger partial charge < -0.3 is 10.1 Å². The molecule has 0 saturated carbocycles. The molecule has 2 aromatic rings. The molecular weight excluding hydrogens is 352 g/mol. The molecule has 0 aromatic heterocycles. The Hall–Kier alpha value is -2.38. The number of rotatable bonds is 5. The van der Waals surface area contributed by atoms with E-state index in [0.717, 1.165) is 18.4 Å². The fourth-order valence-electron chi connectivity index (χ4n) is 2.97. The molecule has 0 radical (unpaired) electrons. The van der Waals surface area contributed by atoms with Gasteiger partial charge in [-0.15, -0.1) is 0 Å². The van der Waals surface area contributed by atoms with Gasteiger partial charge in [-0.05, 0) is 61.7 Å². The number of nitrogens with one attached hydrogen (secondary N) is 1. The second kappa shape index (κ2) is 7.47. The maximum absolute atomic E-state index is 12.5. The summed E-state index contributed by atoms with van der Waals surface area (Å²) in [5.41, 5.74) is 1.95. The molecule has 1 N–H and O–H groups in total. The summed E-state index contributed by atoms with van der Waals surface area (Å²) >= 11 is 0. The summed E-state index contributed by atoms with van der Waals surface area (Å²) in [4.78, 5) is 12.7. The first-order valence-corrected chi connectivity index (χ1v) is 9.92. The zero-order valence-electron chi connectivity index (χ0n) is 14.9. The SMILES string of the molecule is COc1ccc(C)cc1NC(=O)c1ccc(S(=O)(=O)N2CCCC2)cc1. The van der Waals surface area contributed by atoms with E-state index < -0.39 is 10.0 Å². The van der Waals surface area contributed by atoms with Crippen LogP contribution in [0, 0.1) is 6.92 Å². The van der Waals surface area contributed by atoms with E-state index in [2.05, 4.69) is 5.32 Å². The Bertz CT molecular complexity index is 902. The van der Waals surface area contributed by atoms with Crippen LogP contribution in [0.25, 0.3) is 0 Å². The number of hydrogen-bond acceptors (Lipinski definition) is 4. The molecule has 7 heteroatoms. The lowest BCUT2D eigenvalue weighted by Gasteiger charge is -2.15. The summed E-state index contributed by atoms with van der Waals surface area (Å²) in [6.07, 6.45) is 1.77. The highest BCUT2D eigenvalue weighted by Crippen LogP contribution is 2.26. The van der Waals surface area contributed by atoms with Crippen molar-refractivity contribution >= 4 is 21.6 Å². The zero-order valence-corrected chi connectivity index (χ0v) is 15.7. The molecule has 0 aliphatic carbocycles. The summed E-state index contributed by atoms with van der Waals surface area (Å²) < 4.78 is 31.8. The number of carbonyl (C=O) groups is 1. The van der Waals surface area contributed by atoms with E-state index in [9.17, 15) is 13.2 Å². The molecule has 26 heavy (non-hydrogen) atoms. The second-order valence-electron chi connectivity index (χ2n) is 6.29. The third kappa shape index (κ3) is 3.73. The van der Waals surface area contributed by atoms with Crippen LogP contribution >= 0.6 is 0 Å². The van der Waals surface area contributed by atoms with Gasteiger partial charge in [0.2, 0.25) is 10.0 Å². The number of methoxy groups -OCH3 is 1. The van der Waals surface area contributed by atoms with Crippen LogP contribution in [0.1, 0.15) is 28.8 Å². The minimum atomic E-state index is -3.47. The zero-order chi connectivity index (χ0) is 18.7. The van der Waals surface area contributed by atoms with Gasteiger partial charge in [0.1, 0.15) is 5.75 Å². The van der Waals surface area contributed by atoms with Gasteiger partial charge in [-0.3, -0.25) is 4.79 Å². The Morgan fingerprint density at radius 1 is 1.08 bits per heavy atom. The standard InChI is InChI=1S/C19H22N2O4S/c1-14-5-10-18(25-2)17(13-14)20-19(22)15-6-8-16(9-7-15)26(23,24)21-11-3-4-12-21/h5-10,13H,3-4,11-12H2,1-2H3,(H,20,22). The molecule has 1 aliphatic rings. The van der Waals surface area contributed by atoms with E-state index in [-0.39, 0.29) is 10.8 Å². The van der Waals surface area contributed by atoms with E-state index in [0.29, 0.717) is 30.1 Å². The van der Waals surface area contributed by atoms with E-state index in [1.807, 2.05) is 19.1 Å². The second-order valence-corrected chi connectivity index (χ2v) is 8.23. The summed E-state index contributed by atoms with van der Waals surface area (Å²) in [5.74, 6) is 0.246. The van der Waals surface area contributed by atoms with E-state index in [4.69, 9.17) is 4.74 Å². The van der Waals surface area contributed by atoms with Crippen molar-refractivity contribution in [1.82, 2.24) is 4.31 Å². The van der Waals surface area contributed by atoms with Crippen LogP contribution in [0.3, 0.4) is 0 Å². The lowest BCUT2D eigenvalue weighted by Crippen LogP contribution is -2.27. The molecule has 0 unspecified atom stereocenters. The molecule has 1 heterocycles. The van der Waals surface area contributed by atoms with Crippen molar-refractivity contribution in [3.8, 4) is 5.75 Å². The van der Waals surface area contributed by atoms with Crippen molar-refractivity contribution < 1.29 is 17.9 Å². The smallest absolute Gasteiger partial charge is 0.255 e. The van der Waals surface area contributed by atoms with Crippen molar-refractivity contribution in [3.63, 3.8) is 0 Å². The van der Waals surface area contributed by atoms with Gasteiger partial charge in [0.15, 0.2) is 0 Å². The number of benzene rings is 2. The maximum atomic E-state index is 12.5. The predicted octanol–water partition coefficient (Wildman–Crippen LogP) is 3.04. The first-order chi connectivity index (χ1) is 12.4. The number of sulfonamides is 1. The number of nitrogens with zero attached hydrogens (tertiary/aromatic N) is 1. The van der Waals surface area contributed by atoms with Gasteiger partial charge in [-0.25, -0.2) is 8.42 Å². The number of carbonyl (C=O) groups excluding carboxylic acids is 1. The van der Waals surface area contributed by atoms with Crippen molar-refractivity contribution in [2.75, 3.05) is 25.5 Å². The molecule has 0 bridgehead atoms. The first-order valence-electron chi connectivity index (χ1n) is 8.48. The molecule has 6 nitrogen and oxygen atoms in total. The van der Waals surface area contributed by atoms with Crippen LogP contribution in [0.2, 0.25) is 0 Å². The maximum Gasteiger partial charge on any atom is 0.255 e. The average Bonchev–Trinajstić information content (AvgIpc) is 3.17. The highest BCUT2D eigenvalue weighted by atomic mass is 32.2. The molecule has 3 rings (SSSR count). The Kier molecular flexibility index (Phi) is 5.29. The van der Waals surface area contributed by atoms with Gasteiger partial charge >= 0.3 is 0 Å². The number of amides is 1. The van der Waals surface area contributed by atoms with Crippen molar-refractivity contribution in [1.29, 1.82) is 0 Å². The van der Waals surface area contributed by atoms with Crippen molar-refractivity contribution in [2.45, 2.75) is 24.7 Å². The Morgan fingerprint density at radius 2 is 1.73 bits per heavy atom. The molecule has 138 valence electrons. The number of aryl methyl sites for hydroxylation is 1. The van der Waals surface area contributed by atoms with Crippen molar-refractivity contribution in [3.05, 3.63) is 53.6 Å². The van der Waals surface area contributed by atoms with E-state index >= 15 is 0 Å². The lowest BCUT2D eigenvalue weighted by molar-refractivity contribution is 0.102. The monoisotopic (exact) mass is 374 g/mol. The molecule has 1 amide bonds. The highest BCUT2D eigenvalue weighted by Gasteiger charge is 2.27. The normalized spacial score (nSPS) is 15.0. The minimum Gasteiger partial charge on any atom is -0.495 e. The Balaban J connectivity index is 1.78. The molecular formula is C19H22N2O4S. The van der Waals surface area contributed by atoms with Crippen LogP contribution in [0.4, 0.5) is 5.69 Å². The third-order valence-corrected chi connectivity index (χ3v) is 6.34. The third-order valence-electron chi connectivity index (χ3n) is 4.42. The number of ether oxygens (including phenoxy) is 1. The molecule has 0 atom stereocenters. The van der Waals surface area contributed by atoms with Gasteiger partial charge in [0, 0.05) is 18.7 Å². The quantitative estimate of drug-likeness (QED) is 0.873. The molecule has 1 aliphatic heterocycles. The van der Waals surface area contributed by atoms with Gasteiger partial charge in [0.25, 0.3) is 5.91 Å². The number of hydrogen-bond donors (Lipinski definition) is 1. The minimum absolute atomic E-state index is 0.212. The van der Waals surface area contributed by atoms with Crippen LogP contribution in [0.15, 0.2) is 47.4 Å². The molecule has 1 fully saturated rings. The average molecular weight is 374 g/mol. The lowest BCUT2D eigenvalue weighted by atomic mass is 10.1. The van der Waals surface area contributed by atoms with Crippen LogP contribution in [0.5, 0.6) is 5.75 Å². The Morgan fingerprint density at radius 3 is 2.35 bits per heavy atom. The summed E-state index contributed by atoms with van der Waals surface area (Å²) in [7, 11) is -1.93. The van der Waals surface area contributed by atoms with E-state index in [1.165, 1.54) is 28.6 Å². The van der Waals surface area contributed by atoms with Gasteiger partial charge in [-0.1, -0.05) is 6.07 Å². The van der Waals surface area contributed by atoms with Crippen LogP contribution in [-0.4, -0.2) is 38.8 Å². The highest BCUT2D eigenvalue weighted by molar-refractivity contribution is 7.89. The topological polar surface area (TPSA) is 75.7 Å². The van der Waals surface area contributed by atoms with Crippen LogP contribution < -0.4 is 10.1 Å².